The van der Waals surface area contributed by atoms with Gasteiger partial charge in [0.25, 0.3) is 0 Å². The Morgan fingerprint density at radius 2 is 0.939 bits per heavy atom. The van der Waals surface area contributed by atoms with Crippen molar-refractivity contribution in [2.45, 2.75) is 21.7 Å². The van der Waals surface area contributed by atoms with Gasteiger partial charge in [0.2, 0.25) is 0 Å². The van der Waals surface area contributed by atoms with Crippen molar-refractivity contribution in [3.05, 3.63) is 0 Å². The van der Waals surface area contributed by atoms with Crippen LogP contribution in [0.4, 0.5) is 0 Å². The maximum Gasteiger partial charge on any atom is 0.118 e. The number of hydrogen-bond acceptors (Lipinski definition) is 18. The van der Waals surface area contributed by atoms with Crippen LogP contribution in [0.1, 0.15) is 0 Å². The molecule has 0 spiro atoms. The summed E-state index contributed by atoms with van der Waals surface area (Å²) in [4.78, 5) is 0. The minimum Gasteiger partial charge on any atom is -0.168 e. The third-order valence-corrected chi connectivity index (χ3v) is 24.8. The monoisotopic (exact) mass is 786 g/mol. The highest BCUT2D eigenvalue weighted by molar-refractivity contribution is 8.46. The third kappa shape index (κ3) is 16.5. The Balaban J connectivity index is 2.61. The van der Waals surface area contributed by atoms with Gasteiger partial charge in [-0.3, -0.25) is 0 Å². The fourth-order valence-corrected chi connectivity index (χ4v) is 25.1. The predicted octanol–water partition coefficient (Wildman–Crippen LogP) is 9.95. The van der Waals surface area contributed by atoms with Gasteiger partial charge >= 0.3 is 0 Å². The van der Waals surface area contributed by atoms with Crippen LogP contribution in [0, 0.1) is 0 Å². The Labute approximate surface area is 285 Å². The molecule has 0 radical (unpaired) electrons. The van der Waals surface area contributed by atoms with Gasteiger partial charge in [0.15, 0.2) is 0 Å². The molecule has 198 valence electrons. The number of thiol groups is 6. The lowest BCUT2D eigenvalue weighted by Gasteiger charge is -2.39. The van der Waals surface area contributed by atoms with Crippen molar-refractivity contribution in [3.8, 4) is 0 Å². The highest BCUT2D eigenvalue weighted by Crippen LogP contribution is 2.60. The first kappa shape index (κ1) is 37.3. The average molecular weight is 788 g/mol. The summed E-state index contributed by atoms with van der Waals surface area (Å²) in [6, 6.07) is 0. The van der Waals surface area contributed by atoms with Crippen LogP contribution in [0.3, 0.4) is 0 Å². The molecule has 1 aliphatic rings. The quantitative estimate of drug-likeness (QED) is 0.0432. The summed E-state index contributed by atoms with van der Waals surface area (Å²) in [5.74, 6) is 1.17. The summed E-state index contributed by atoms with van der Waals surface area (Å²) in [5.41, 5.74) is 0. The Morgan fingerprint density at radius 1 is 0.545 bits per heavy atom. The SMILES string of the molecule is SCSCC1(SCSC(SCS)C(SCS)SCSC(SCS)C(SCS)SCS)SCS1. The standard InChI is InChI=1S/C15H30S18/c16-2-22-1-15(32-10-33-15)31-9-30-14(27-7-21)13(26-6-20)29-8-28-12(25-5-19)11(23-3-17)24-4-18/h11-14,16-21H,1-10H2. The van der Waals surface area contributed by atoms with Crippen molar-refractivity contribution in [2.75, 3.05) is 51.5 Å². The molecule has 18 heteroatoms. The molecule has 0 N–H and O–H groups in total. The zero-order valence-corrected chi connectivity index (χ0v) is 32.6. The number of thioether (sulfide) groups is 12. The van der Waals surface area contributed by atoms with Crippen molar-refractivity contribution in [3.63, 3.8) is 0 Å². The van der Waals surface area contributed by atoms with Crippen molar-refractivity contribution in [2.24, 2.45) is 0 Å². The Kier molecular flexibility index (Phi) is 28.1. The molecule has 0 aromatic heterocycles. The van der Waals surface area contributed by atoms with E-state index in [9.17, 15) is 0 Å². The summed E-state index contributed by atoms with van der Waals surface area (Å²) in [6.07, 6.45) is 0. The van der Waals surface area contributed by atoms with Gasteiger partial charge in [-0.15, -0.1) is 141 Å². The Bertz CT molecular complexity index is 447. The normalized spacial score (nSPS) is 18.3. The summed E-state index contributed by atoms with van der Waals surface area (Å²) in [7, 11) is 0. The van der Waals surface area contributed by atoms with Crippen LogP contribution in [0.25, 0.3) is 0 Å². The molecule has 0 aliphatic carbocycles. The Hall–Kier alpha value is 6.30. The minimum absolute atomic E-state index is 0.327. The minimum atomic E-state index is 0.327. The van der Waals surface area contributed by atoms with Crippen molar-refractivity contribution in [1.82, 2.24) is 0 Å². The molecular formula is C15H30S18. The maximum absolute atomic E-state index is 4.55. The zero-order valence-electron chi connectivity index (χ0n) is 17.5. The second-order valence-electron chi connectivity index (χ2n) is 5.40. The molecule has 3 atom stereocenters. The van der Waals surface area contributed by atoms with E-state index in [0.717, 1.165) is 40.7 Å². The van der Waals surface area contributed by atoms with Gasteiger partial charge in [-0.25, -0.2) is 0 Å². The molecule has 3 unspecified atom stereocenters. The first-order valence-electron chi connectivity index (χ1n) is 9.17. The summed E-state index contributed by atoms with van der Waals surface area (Å²) in [6.45, 7) is 0. The smallest absolute Gasteiger partial charge is 0.118 e. The van der Waals surface area contributed by atoms with Gasteiger partial charge in [-0.1, -0.05) is 0 Å². The molecule has 1 fully saturated rings. The van der Waals surface area contributed by atoms with Crippen LogP contribution in [-0.2, 0) is 0 Å². The molecule has 1 saturated heterocycles. The average Bonchev–Trinajstić information content (AvgIpc) is 2.78. The van der Waals surface area contributed by atoms with E-state index in [2.05, 4.69) is 135 Å². The first-order chi connectivity index (χ1) is 16.1. The van der Waals surface area contributed by atoms with Gasteiger partial charge < -0.3 is 0 Å². The van der Waals surface area contributed by atoms with Crippen LogP contribution >= 0.6 is 217 Å². The van der Waals surface area contributed by atoms with Gasteiger partial charge in [-0.05, 0) is 0 Å². The van der Waals surface area contributed by atoms with Gasteiger partial charge in [-0.2, -0.15) is 75.8 Å². The molecule has 1 rings (SSSR count). The topological polar surface area (TPSA) is 0 Å². The van der Waals surface area contributed by atoms with Crippen LogP contribution in [0.2, 0.25) is 0 Å². The van der Waals surface area contributed by atoms with E-state index in [-0.39, 0.29) is 0 Å². The van der Waals surface area contributed by atoms with Gasteiger partial charge in [0.1, 0.15) is 3.41 Å². The lowest BCUT2D eigenvalue weighted by Crippen LogP contribution is -2.28. The summed E-state index contributed by atoms with van der Waals surface area (Å²) in [5, 5.41) is 8.50. The first-order valence-corrected chi connectivity index (χ1v) is 25.5. The number of rotatable bonds is 23. The fraction of sp³-hybridized carbons (Fsp3) is 1.00. The van der Waals surface area contributed by atoms with Crippen LogP contribution < -0.4 is 0 Å². The fourth-order valence-electron chi connectivity index (χ4n) is 2.12. The third-order valence-electron chi connectivity index (χ3n) is 3.54. The van der Waals surface area contributed by atoms with Crippen LogP contribution in [-0.4, -0.2) is 73.3 Å². The highest BCUT2D eigenvalue weighted by atomic mass is 32.3. The van der Waals surface area contributed by atoms with Crippen molar-refractivity contribution < 1.29 is 0 Å². The van der Waals surface area contributed by atoms with E-state index >= 15 is 0 Å². The van der Waals surface area contributed by atoms with E-state index in [1.165, 1.54) is 10.8 Å². The molecule has 0 bridgehead atoms. The van der Waals surface area contributed by atoms with E-state index in [4.69, 9.17) is 0 Å². The molecule has 33 heavy (non-hydrogen) atoms. The van der Waals surface area contributed by atoms with E-state index in [1.807, 2.05) is 82.3 Å². The largest absolute Gasteiger partial charge is 0.168 e. The van der Waals surface area contributed by atoms with Crippen molar-refractivity contribution in [1.29, 1.82) is 0 Å². The zero-order chi connectivity index (χ0) is 24.4. The van der Waals surface area contributed by atoms with Gasteiger partial charge in [0, 0.05) is 51.5 Å². The molecule has 1 aliphatic heterocycles. The van der Waals surface area contributed by atoms with E-state index in [1.54, 1.807) is 0 Å². The molecule has 0 amide bonds. The second kappa shape index (κ2) is 24.9. The van der Waals surface area contributed by atoms with Crippen molar-refractivity contribution >= 4 is 217 Å². The molecule has 0 nitrogen and oxygen atoms in total. The molecule has 1 heterocycles. The lowest BCUT2D eigenvalue weighted by molar-refractivity contribution is 1.33. The molecular weight excluding hydrogens is 757 g/mol. The highest BCUT2D eigenvalue weighted by Gasteiger charge is 2.39. The van der Waals surface area contributed by atoms with Crippen LogP contribution in [0.5, 0.6) is 0 Å². The second-order valence-corrected chi connectivity index (χ2v) is 26.8. The Morgan fingerprint density at radius 3 is 1.27 bits per heavy atom. The number of hydrogen-bond donors (Lipinski definition) is 6. The lowest BCUT2D eigenvalue weighted by atomic mass is 10.9. The van der Waals surface area contributed by atoms with E-state index < -0.39 is 0 Å². The molecule has 0 saturated carbocycles. The summed E-state index contributed by atoms with van der Waals surface area (Å²) < 4.78 is 2.30. The molecule has 0 aromatic carbocycles. The maximum atomic E-state index is 4.55. The van der Waals surface area contributed by atoms with Gasteiger partial charge in [0.05, 0.1) is 18.3 Å². The molecule has 0 aromatic rings. The summed E-state index contributed by atoms with van der Waals surface area (Å²) >= 11 is 50.9. The van der Waals surface area contributed by atoms with E-state index in [0.29, 0.717) is 21.7 Å². The predicted molar refractivity (Wildman–Crippen MR) is 212 cm³/mol. The van der Waals surface area contributed by atoms with Crippen LogP contribution in [0.15, 0.2) is 0 Å².